The Morgan fingerprint density at radius 3 is 2.41 bits per heavy atom. The Balaban J connectivity index is 2.53. The lowest BCUT2D eigenvalue weighted by Gasteiger charge is -2.10. The minimum Gasteiger partial charge on any atom is -0.481 e. The van der Waals surface area contributed by atoms with Crippen molar-refractivity contribution >= 4 is 21.5 Å². The lowest BCUT2D eigenvalue weighted by Crippen LogP contribution is -2.10. The van der Waals surface area contributed by atoms with Crippen LogP contribution >= 0.6 is 0 Å². The van der Waals surface area contributed by atoms with Crippen LogP contribution in [0.4, 0.5) is 5.69 Å². The first-order valence-electron chi connectivity index (χ1n) is 8.18. The van der Waals surface area contributed by atoms with Gasteiger partial charge in [-0.3, -0.25) is 0 Å². The van der Waals surface area contributed by atoms with E-state index in [4.69, 9.17) is 15.6 Å². The zero-order chi connectivity index (χ0) is 20.2. The van der Waals surface area contributed by atoms with Gasteiger partial charge in [-0.1, -0.05) is 31.8 Å². The molecule has 0 spiro atoms. The first kappa shape index (κ1) is 20.3. The van der Waals surface area contributed by atoms with Crippen LogP contribution in [0.25, 0.3) is 0 Å². The maximum atomic E-state index is 11.8. The maximum Gasteiger partial charge on any atom is 0.341 e. The highest BCUT2D eigenvalue weighted by Crippen LogP contribution is 2.24. The number of hydrogen-bond acceptors (Lipinski definition) is 5. The van der Waals surface area contributed by atoms with Crippen molar-refractivity contribution in [1.29, 1.82) is 0 Å². The van der Waals surface area contributed by atoms with Crippen molar-refractivity contribution in [2.45, 2.75) is 24.7 Å². The molecular weight excluding hydrogens is 366 g/mol. The molecule has 0 fully saturated rings. The first-order valence-corrected chi connectivity index (χ1v) is 10.1. The number of nitrogens with two attached hydrogens (primary N) is 1. The number of hydrogen-bond donors (Lipinski definition) is 2. The number of carboxylic acid groups (broad SMARTS) is 1. The van der Waals surface area contributed by atoms with Crippen molar-refractivity contribution in [2.75, 3.05) is 18.6 Å². The lowest BCUT2D eigenvalue weighted by atomic mass is 9.97. The third-order valence-corrected chi connectivity index (χ3v) is 4.87. The summed E-state index contributed by atoms with van der Waals surface area (Å²) in [6.07, 6.45) is 1.14. The summed E-state index contributed by atoms with van der Waals surface area (Å²) in [4.78, 5) is 10.9. The van der Waals surface area contributed by atoms with E-state index in [2.05, 4.69) is 11.8 Å². The summed E-state index contributed by atoms with van der Waals surface area (Å²) in [5.74, 6) is 5.24. The summed E-state index contributed by atoms with van der Waals surface area (Å²) in [6.45, 7) is 3.48. The fraction of sp³-hybridized carbons (Fsp3) is 0.250. The summed E-state index contributed by atoms with van der Waals surface area (Å²) in [5.41, 5.74) is 8.17. The van der Waals surface area contributed by atoms with Gasteiger partial charge in [-0.05, 0) is 41.8 Å². The van der Waals surface area contributed by atoms with Gasteiger partial charge in [0.25, 0.3) is 0 Å². The van der Waals surface area contributed by atoms with Gasteiger partial charge in [0.05, 0.1) is 10.5 Å². The number of aliphatic carboxylic acids is 1. The Hall–Kier alpha value is -2.98. The Morgan fingerprint density at radius 1 is 1.15 bits per heavy atom. The Labute approximate surface area is 158 Å². The molecule has 0 saturated heterocycles. The molecule has 0 aliphatic heterocycles. The van der Waals surface area contributed by atoms with Crippen molar-refractivity contribution in [3.05, 3.63) is 53.1 Å². The van der Waals surface area contributed by atoms with Crippen LogP contribution in [0.5, 0.6) is 5.75 Å². The Morgan fingerprint density at radius 2 is 1.81 bits per heavy atom. The maximum absolute atomic E-state index is 11.8. The largest absolute Gasteiger partial charge is 0.481 e. The second-order valence-electron chi connectivity index (χ2n) is 6.36. The van der Waals surface area contributed by atoms with Crippen molar-refractivity contribution in [1.82, 2.24) is 0 Å². The van der Waals surface area contributed by atoms with Crippen molar-refractivity contribution in [2.24, 2.45) is 0 Å². The molecule has 0 amide bonds. The van der Waals surface area contributed by atoms with Gasteiger partial charge in [-0.15, -0.1) is 0 Å². The summed E-state index contributed by atoms with van der Waals surface area (Å²) in [7, 11) is -3.36. The van der Waals surface area contributed by atoms with Gasteiger partial charge >= 0.3 is 5.97 Å². The molecule has 0 aliphatic carbocycles. The molecule has 3 N–H and O–H groups in total. The number of nitrogen functional groups attached to an aromatic ring is 1. The molecule has 0 atom stereocenters. The number of rotatable bonds is 5. The van der Waals surface area contributed by atoms with E-state index in [1.54, 1.807) is 36.4 Å². The average Bonchev–Trinajstić information content (AvgIpc) is 2.57. The highest BCUT2D eigenvalue weighted by Gasteiger charge is 2.12. The van der Waals surface area contributed by atoms with Gasteiger partial charge in [-0.2, -0.15) is 0 Å². The van der Waals surface area contributed by atoms with E-state index in [9.17, 15) is 13.2 Å². The monoisotopic (exact) mass is 387 g/mol. The number of anilines is 1. The summed E-state index contributed by atoms with van der Waals surface area (Å²) in [5, 5.41) is 8.79. The second kappa shape index (κ2) is 8.14. The van der Waals surface area contributed by atoms with E-state index in [1.165, 1.54) is 0 Å². The molecule has 2 aromatic carbocycles. The first-order chi connectivity index (χ1) is 12.6. The predicted octanol–water partition coefficient (Wildman–Crippen LogP) is 2.66. The second-order valence-corrected chi connectivity index (χ2v) is 8.38. The molecule has 0 radical (unpaired) electrons. The normalized spacial score (nSPS) is 11.0. The third kappa shape index (κ3) is 5.50. The fourth-order valence-electron chi connectivity index (χ4n) is 2.42. The van der Waals surface area contributed by atoms with Gasteiger partial charge in [0.1, 0.15) is 5.75 Å². The molecule has 27 heavy (non-hydrogen) atoms. The zero-order valence-electron chi connectivity index (χ0n) is 15.3. The van der Waals surface area contributed by atoms with Crippen LogP contribution in [0, 0.1) is 11.8 Å². The van der Waals surface area contributed by atoms with Crippen LogP contribution in [-0.4, -0.2) is 32.4 Å². The average molecular weight is 387 g/mol. The van der Waals surface area contributed by atoms with Gasteiger partial charge in [0.15, 0.2) is 16.4 Å². The molecule has 142 valence electrons. The van der Waals surface area contributed by atoms with Crippen LogP contribution in [0.1, 0.15) is 36.5 Å². The predicted molar refractivity (Wildman–Crippen MR) is 104 cm³/mol. The molecule has 7 heteroatoms. The van der Waals surface area contributed by atoms with Crippen LogP contribution < -0.4 is 10.5 Å². The Bertz CT molecular complexity index is 1030. The molecule has 2 aromatic rings. The number of carboxylic acids is 1. The molecular formula is C20H21NO5S. The molecule has 6 nitrogen and oxygen atoms in total. The fourth-order valence-corrected chi connectivity index (χ4v) is 3.07. The summed E-state index contributed by atoms with van der Waals surface area (Å²) >= 11 is 0. The minimum atomic E-state index is -3.36. The van der Waals surface area contributed by atoms with E-state index in [0.717, 1.165) is 11.8 Å². The Kier molecular flexibility index (Phi) is 6.13. The molecule has 2 rings (SSSR count). The molecule has 0 unspecified atom stereocenters. The van der Waals surface area contributed by atoms with Crippen molar-refractivity contribution in [3.8, 4) is 17.6 Å². The number of ether oxygens (including phenoxy) is 1. The van der Waals surface area contributed by atoms with Crippen LogP contribution in [-0.2, 0) is 14.6 Å². The number of benzene rings is 2. The van der Waals surface area contributed by atoms with E-state index in [1.807, 2.05) is 13.8 Å². The van der Waals surface area contributed by atoms with Gasteiger partial charge in [-0.25, -0.2) is 13.2 Å². The van der Waals surface area contributed by atoms with Gasteiger partial charge in [0, 0.05) is 17.5 Å². The highest BCUT2D eigenvalue weighted by molar-refractivity contribution is 7.90. The molecule has 0 aromatic heterocycles. The van der Waals surface area contributed by atoms with E-state index >= 15 is 0 Å². The van der Waals surface area contributed by atoms with Gasteiger partial charge in [0.2, 0.25) is 0 Å². The van der Waals surface area contributed by atoms with Crippen LogP contribution in [0.2, 0.25) is 0 Å². The standard InChI is InChI=1S/C20H21NO5S/c1-13(2)18-8-7-17(27(3,24)25)11-14(18)4-5-15-10-16(21)6-9-19(15)26-12-20(22)23/h6-11,13H,12,21H2,1-3H3,(H,22,23). The SMILES string of the molecule is CC(C)c1ccc(S(C)(=O)=O)cc1C#Cc1cc(N)ccc1OCC(=O)O. The number of sulfone groups is 1. The number of carbonyl (C=O) groups is 1. The summed E-state index contributed by atoms with van der Waals surface area (Å²) < 4.78 is 28.9. The zero-order valence-corrected chi connectivity index (χ0v) is 16.1. The molecule has 0 saturated carbocycles. The van der Waals surface area contributed by atoms with E-state index in [-0.39, 0.29) is 10.8 Å². The highest BCUT2D eigenvalue weighted by atomic mass is 32.2. The van der Waals surface area contributed by atoms with Crippen molar-refractivity contribution < 1.29 is 23.1 Å². The summed E-state index contributed by atoms with van der Waals surface area (Å²) in [6, 6.07) is 9.59. The van der Waals surface area contributed by atoms with E-state index in [0.29, 0.717) is 22.6 Å². The molecule has 0 heterocycles. The lowest BCUT2D eigenvalue weighted by molar-refractivity contribution is -0.139. The van der Waals surface area contributed by atoms with Crippen molar-refractivity contribution in [3.63, 3.8) is 0 Å². The van der Waals surface area contributed by atoms with Crippen LogP contribution in [0.15, 0.2) is 41.3 Å². The van der Waals surface area contributed by atoms with Crippen LogP contribution in [0.3, 0.4) is 0 Å². The minimum absolute atomic E-state index is 0.145. The third-order valence-electron chi connectivity index (χ3n) is 3.76. The van der Waals surface area contributed by atoms with E-state index < -0.39 is 22.4 Å². The quantitative estimate of drug-likeness (QED) is 0.603. The van der Waals surface area contributed by atoms with Gasteiger partial charge < -0.3 is 15.6 Å². The molecule has 0 bridgehead atoms. The molecule has 0 aliphatic rings. The topological polar surface area (TPSA) is 107 Å². The smallest absolute Gasteiger partial charge is 0.341 e.